The second-order valence-electron chi connectivity index (χ2n) is 3.00. The van der Waals surface area contributed by atoms with Crippen LogP contribution < -0.4 is 5.32 Å². The van der Waals surface area contributed by atoms with Crippen LogP contribution in [0.2, 0.25) is 0 Å². The number of aliphatic hydroxyl groups excluding tert-OH is 1. The summed E-state index contributed by atoms with van der Waals surface area (Å²) < 4.78 is 25.2. The maximum atomic E-state index is 11.9. The Kier molecular flexibility index (Phi) is 3.73. The van der Waals surface area contributed by atoms with Gasteiger partial charge in [-0.05, 0) is 0 Å². The van der Waals surface area contributed by atoms with Gasteiger partial charge in [0.15, 0.2) is 0 Å². The summed E-state index contributed by atoms with van der Waals surface area (Å²) in [6, 6.07) is 0. The maximum absolute atomic E-state index is 11.9. The first-order chi connectivity index (χ1) is 7.02. The molecule has 15 heavy (non-hydrogen) atoms. The zero-order valence-corrected chi connectivity index (χ0v) is 8.02. The Bertz CT molecular complexity index is 340. The van der Waals surface area contributed by atoms with Crippen LogP contribution in [0.3, 0.4) is 0 Å². The number of imidazole rings is 1. The Balaban J connectivity index is 2.47. The standard InChI is InChI=1S/C8H11F2N3O2/c1-13-4-11-2-5(13)8(15)12-3-6(14)7(9)10/h2,4,6-7,14H,3H2,1H3,(H,12,15). The Morgan fingerprint density at radius 3 is 2.87 bits per heavy atom. The molecule has 84 valence electrons. The van der Waals surface area contributed by atoms with Crippen LogP contribution in [0.1, 0.15) is 10.5 Å². The maximum Gasteiger partial charge on any atom is 0.269 e. The van der Waals surface area contributed by atoms with Crippen LogP contribution in [0.5, 0.6) is 0 Å². The summed E-state index contributed by atoms with van der Waals surface area (Å²) >= 11 is 0. The normalized spacial score (nSPS) is 12.9. The fourth-order valence-electron chi connectivity index (χ4n) is 0.953. The quantitative estimate of drug-likeness (QED) is 0.735. The van der Waals surface area contributed by atoms with E-state index in [9.17, 15) is 13.6 Å². The van der Waals surface area contributed by atoms with Crippen LogP contribution in [-0.4, -0.2) is 39.6 Å². The molecule has 0 aliphatic heterocycles. The second kappa shape index (κ2) is 4.83. The molecule has 0 saturated heterocycles. The molecule has 0 bridgehead atoms. The average molecular weight is 219 g/mol. The number of nitrogens with one attached hydrogen (secondary N) is 1. The first-order valence-electron chi connectivity index (χ1n) is 4.23. The molecule has 1 aromatic heterocycles. The molecule has 1 amide bonds. The molecule has 2 N–H and O–H groups in total. The van der Waals surface area contributed by atoms with Gasteiger partial charge in [0.25, 0.3) is 12.3 Å². The number of aliphatic hydroxyl groups is 1. The van der Waals surface area contributed by atoms with E-state index in [2.05, 4.69) is 10.3 Å². The predicted octanol–water partition coefficient (Wildman–Crippen LogP) is -0.224. The third-order valence-corrected chi connectivity index (χ3v) is 1.81. The minimum Gasteiger partial charge on any atom is -0.385 e. The SMILES string of the molecule is Cn1cncc1C(=O)NCC(O)C(F)F. The third-order valence-electron chi connectivity index (χ3n) is 1.81. The van der Waals surface area contributed by atoms with Gasteiger partial charge >= 0.3 is 0 Å². The van der Waals surface area contributed by atoms with E-state index in [1.54, 1.807) is 7.05 Å². The van der Waals surface area contributed by atoms with Crippen molar-refractivity contribution in [3.8, 4) is 0 Å². The molecule has 0 fully saturated rings. The van der Waals surface area contributed by atoms with Crippen molar-refractivity contribution < 1.29 is 18.7 Å². The zero-order chi connectivity index (χ0) is 11.4. The van der Waals surface area contributed by atoms with Crippen LogP contribution in [0.15, 0.2) is 12.5 Å². The first-order valence-corrected chi connectivity index (χ1v) is 4.23. The molecule has 1 aromatic rings. The lowest BCUT2D eigenvalue weighted by atomic mass is 10.3. The summed E-state index contributed by atoms with van der Waals surface area (Å²) in [5.74, 6) is -0.547. The highest BCUT2D eigenvalue weighted by Crippen LogP contribution is 2.00. The second-order valence-corrected chi connectivity index (χ2v) is 3.00. The molecule has 7 heteroatoms. The third kappa shape index (κ3) is 2.98. The molecule has 0 spiro atoms. The number of alkyl halides is 2. The van der Waals surface area contributed by atoms with Gasteiger partial charge in [-0.1, -0.05) is 0 Å². The molecule has 1 rings (SSSR count). The average Bonchev–Trinajstić information content (AvgIpc) is 2.60. The van der Waals surface area contributed by atoms with Gasteiger partial charge in [-0.25, -0.2) is 13.8 Å². The van der Waals surface area contributed by atoms with Crippen LogP contribution >= 0.6 is 0 Å². The summed E-state index contributed by atoms with van der Waals surface area (Å²) in [6.45, 7) is -0.484. The lowest BCUT2D eigenvalue weighted by Gasteiger charge is -2.10. The van der Waals surface area contributed by atoms with Gasteiger partial charge in [-0.2, -0.15) is 0 Å². The highest BCUT2D eigenvalue weighted by atomic mass is 19.3. The molecular weight excluding hydrogens is 208 g/mol. The van der Waals surface area contributed by atoms with Crippen molar-refractivity contribution in [3.63, 3.8) is 0 Å². The fourth-order valence-corrected chi connectivity index (χ4v) is 0.953. The number of carbonyl (C=O) groups excluding carboxylic acids is 1. The number of aryl methyl sites for hydroxylation is 1. The van der Waals surface area contributed by atoms with E-state index in [0.717, 1.165) is 0 Å². The molecule has 0 aliphatic rings. The van der Waals surface area contributed by atoms with E-state index in [1.807, 2.05) is 0 Å². The minimum atomic E-state index is -2.86. The van der Waals surface area contributed by atoms with E-state index >= 15 is 0 Å². The van der Waals surface area contributed by atoms with E-state index in [1.165, 1.54) is 17.1 Å². The monoisotopic (exact) mass is 219 g/mol. The van der Waals surface area contributed by atoms with Gasteiger partial charge in [0.2, 0.25) is 0 Å². The predicted molar refractivity (Wildman–Crippen MR) is 47.6 cm³/mol. The van der Waals surface area contributed by atoms with Crippen molar-refractivity contribution in [1.29, 1.82) is 0 Å². The van der Waals surface area contributed by atoms with Crippen LogP contribution in [-0.2, 0) is 7.05 Å². The van der Waals surface area contributed by atoms with E-state index in [-0.39, 0.29) is 5.69 Å². The molecule has 1 unspecified atom stereocenters. The van der Waals surface area contributed by atoms with E-state index < -0.39 is 25.0 Å². The van der Waals surface area contributed by atoms with Crippen molar-refractivity contribution in [2.45, 2.75) is 12.5 Å². The largest absolute Gasteiger partial charge is 0.385 e. The van der Waals surface area contributed by atoms with Gasteiger partial charge in [0.05, 0.1) is 12.5 Å². The van der Waals surface area contributed by atoms with Crippen molar-refractivity contribution >= 4 is 5.91 Å². The van der Waals surface area contributed by atoms with Gasteiger partial charge in [0.1, 0.15) is 11.8 Å². The molecule has 0 aromatic carbocycles. The Morgan fingerprint density at radius 1 is 1.73 bits per heavy atom. The lowest BCUT2D eigenvalue weighted by molar-refractivity contribution is -0.00274. The van der Waals surface area contributed by atoms with Crippen molar-refractivity contribution in [3.05, 3.63) is 18.2 Å². The Morgan fingerprint density at radius 2 is 2.40 bits per heavy atom. The van der Waals surface area contributed by atoms with E-state index in [4.69, 9.17) is 5.11 Å². The zero-order valence-electron chi connectivity index (χ0n) is 8.02. The van der Waals surface area contributed by atoms with E-state index in [0.29, 0.717) is 0 Å². The number of halogens is 2. The Hall–Kier alpha value is -1.50. The number of hydrogen-bond acceptors (Lipinski definition) is 3. The molecule has 5 nitrogen and oxygen atoms in total. The van der Waals surface area contributed by atoms with Crippen LogP contribution in [0.25, 0.3) is 0 Å². The molecule has 1 atom stereocenters. The van der Waals surface area contributed by atoms with Gasteiger partial charge < -0.3 is 15.0 Å². The summed E-state index contributed by atoms with van der Waals surface area (Å²) in [4.78, 5) is 15.0. The summed E-state index contributed by atoms with van der Waals surface area (Å²) in [5.41, 5.74) is 0.247. The number of carbonyl (C=O) groups is 1. The molecule has 0 saturated carbocycles. The van der Waals surface area contributed by atoms with Crippen molar-refractivity contribution in [2.24, 2.45) is 7.05 Å². The lowest BCUT2D eigenvalue weighted by Crippen LogP contribution is -2.36. The number of rotatable bonds is 4. The van der Waals surface area contributed by atoms with Crippen molar-refractivity contribution in [1.82, 2.24) is 14.9 Å². The Labute approximate surface area is 84.7 Å². The minimum absolute atomic E-state index is 0.247. The molecule has 0 aliphatic carbocycles. The smallest absolute Gasteiger partial charge is 0.269 e. The summed E-state index contributed by atoms with van der Waals surface area (Å²) in [6.07, 6.45) is -1.98. The van der Waals surface area contributed by atoms with Crippen molar-refractivity contribution in [2.75, 3.05) is 6.54 Å². The molecule has 0 radical (unpaired) electrons. The molecule has 1 heterocycles. The van der Waals surface area contributed by atoms with Gasteiger partial charge in [0, 0.05) is 13.6 Å². The highest BCUT2D eigenvalue weighted by molar-refractivity contribution is 5.92. The number of amides is 1. The number of aromatic nitrogens is 2. The fraction of sp³-hybridized carbons (Fsp3) is 0.500. The van der Waals surface area contributed by atoms with Crippen LogP contribution in [0.4, 0.5) is 8.78 Å². The topological polar surface area (TPSA) is 67.2 Å². The number of nitrogens with zero attached hydrogens (tertiary/aromatic N) is 2. The summed E-state index contributed by atoms with van der Waals surface area (Å²) in [7, 11) is 1.60. The van der Waals surface area contributed by atoms with Gasteiger partial charge in [-0.3, -0.25) is 4.79 Å². The van der Waals surface area contributed by atoms with Crippen LogP contribution in [0, 0.1) is 0 Å². The van der Waals surface area contributed by atoms with Gasteiger partial charge in [-0.15, -0.1) is 0 Å². The number of hydrogen-bond donors (Lipinski definition) is 2. The summed E-state index contributed by atoms with van der Waals surface area (Å²) in [5, 5.41) is 10.9. The first kappa shape index (κ1) is 11.6. The molecular formula is C8H11F2N3O2. The highest BCUT2D eigenvalue weighted by Gasteiger charge is 2.18.